The Morgan fingerprint density at radius 1 is 1.17 bits per heavy atom. The molecule has 2 rings (SSSR count). The maximum Gasteiger partial charge on any atom is 0.167 e. The van der Waals surface area contributed by atoms with Crippen LogP contribution in [0.1, 0.15) is 21.5 Å². The molecule has 2 aromatic rings. The molecule has 0 aromatic heterocycles. The summed E-state index contributed by atoms with van der Waals surface area (Å²) in [5.74, 6) is -0.450. The van der Waals surface area contributed by atoms with Crippen LogP contribution in [0.5, 0.6) is 0 Å². The molecule has 0 N–H and O–H groups in total. The third kappa shape index (κ3) is 2.96. The first-order chi connectivity index (χ1) is 8.56. The number of halogens is 2. The summed E-state index contributed by atoms with van der Waals surface area (Å²) in [6.45, 7) is 1.96. The highest BCUT2D eigenvalue weighted by Gasteiger charge is 2.10. The number of carbonyl (C=O) groups excluding carboxylic acids is 1. The Hall–Kier alpha value is -1.67. The van der Waals surface area contributed by atoms with Crippen molar-refractivity contribution < 1.29 is 9.18 Å². The van der Waals surface area contributed by atoms with E-state index in [1.54, 1.807) is 12.1 Å². The highest BCUT2D eigenvalue weighted by molar-refractivity contribution is 6.31. The van der Waals surface area contributed by atoms with Crippen molar-refractivity contribution in [1.82, 2.24) is 0 Å². The van der Waals surface area contributed by atoms with Crippen LogP contribution in [0.3, 0.4) is 0 Å². The first-order valence-electron chi connectivity index (χ1n) is 5.60. The lowest BCUT2D eigenvalue weighted by Crippen LogP contribution is -2.04. The largest absolute Gasteiger partial charge is 0.294 e. The van der Waals surface area contributed by atoms with Gasteiger partial charge in [0.05, 0.1) is 0 Å². The van der Waals surface area contributed by atoms with Gasteiger partial charge in [-0.25, -0.2) is 4.39 Å². The number of carbonyl (C=O) groups is 1. The summed E-state index contributed by atoms with van der Waals surface area (Å²) < 4.78 is 13.1. The molecule has 1 nitrogen and oxygen atoms in total. The van der Waals surface area contributed by atoms with Gasteiger partial charge in [-0.1, -0.05) is 41.4 Å². The molecule has 0 saturated heterocycles. The van der Waals surface area contributed by atoms with Gasteiger partial charge in [-0.15, -0.1) is 0 Å². The molecule has 0 amide bonds. The standard InChI is InChI=1S/C15H12ClFO/c1-10-2-4-11(5-3-10)15(18)9-12-8-13(17)6-7-14(12)16/h2-8H,9H2,1H3. The number of benzene rings is 2. The van der Waals surface area contributed by atoms with Gasteiger partial charge in [0.2, 0.25) is 0 Å². The minimum absolute atomic E-state index is 0.0671. The van der Waals surface area contributed by atoms with E-state index >= 15 is 0 Å². The third-order valence-corrected chi connectivity index (χ3v) is 3.10. The molecule has 0 aliphatic heterocycles. The fraction of sp³-hybridized carbons (Fsp3) is 0.133. The van der Waals surface area contributed by atoms with Crippen molar-refractivity contribution in [3.05, 3.63) is 70.0 Å². The van der Waals surface area contributed by atoms with Crippen molar-refractivity contribution >= 4 is 17.4 Å². The van der Waals surface area contributed by atoms with E-state index in [0.717, 1.165) is 5.56 Å². The Morgan fingerprint density at radius 2 is 1.83 bits per heavy atom. The average Bonchev–Trinajstić information content (AvgIpc) is 2.34. The monoisotopic (exact) mass is 262 g/mol. The molecule has 0 bridgehead atoms. The second-order valence-corrected chi connectivity index (χ2v) is 4.61. The maximum absolute atomic E-state index is 13.1. The predicted molar refractivity (Wildman–Crippen MR) is 70.6 cm³/mol. The number of hydrogen-bond acceptors (Lipinski definition) is 1. The van der Waals surface area contributed by atoms with Gasteiger partial charge in [-0.2, -0.15) is 0 Å². The highest BCUT2D eigenvalue weighted by Crippen LogP contribution is 2.19. The molecule has 92 valence electrons. The molecule has 0 radical (unpaired) electrons. The first-order valence-corrected chi connectivity index (χ1v) is 5.98. The fourth-order valence-corrected chi connectivity index (χ4v) is 1.88. The second kappa shape index (κ2) is 5.32. The number of ketones is 1. The number of Topliss-reactive ketones (excluding diaryl/α,β-unsaturated/α-hetero) is 1. The number of aryl methyl sites for hydroxylation is 1. The lowest BCUT2D eigenvalue weighted by atomic mass is 10.0. The zero-order chi connectivity index (χ0) is 13.1. The van der Waals surface area contributed by atoms with Crippen LogP contribution < -0.4 is 0 Å². The molecule has 0 atom stereocenters. The van der Waals surface area contributed by atoms with E-state index in [1.165, 1.54) is 18.2 Å². The van der Waals surface area contributed by atoms with Crippen LogP contribution in [-0.4, -0.2) is 5.78 Å². The molecule has 3 heteroatoms. The summed E-state index contributed by atoms with van der Waals surface area (Å²) in [4.78, 5) is 12.0. The number of rotatable bonds is 3. The Balaban J connectivity index is 2.21. The van der Waals surface area contributed by atoms with Crippen LogP contribution in [0, 0.1) is 12.7 Å². The van der Waals surface area contributed by atoms with Crippen LogP contribution in [0.4, 0.5) is 4.39 Å². The van der Waals surface area contributed by atoms with Gasteiger partial charge in [0.15, 0.2) is 5.78 Å². The van der Waals surface area contributed by atoms with E-state index in [4.69, 9.17) is 11.6 Å². The van der Waals surface area contributed by atoms with E-state index < -0.39 is 0 Å². The summed E-state index contributed by atoms with van der Waals surface area (Å²) in [5, 5.41) is 0.414. The zero-order valence-electron chi connectivity index (χ0n) is 9.91. The Labute approximate surface area is 110 Å². The van der Waals surface area contributed by atoms with E-state index in [2.05, 4.69) is 0 Å². The van der Waals surface area contributed by atoms with Gasteiger partial charge >= 0.3 is 0 Å². The highest BCUT2D eigenvalue weighted by atomic mass is 35.5. The maximum atomic E-state index is 13.1. The molecule has 0 aliphatic rings. The van der Waals surface area contributed by atoms with Crippen molar-refractivity contribution in [3.63, 3.8) is 0 Å². The van der Waals surface area contributed by atoms with Gasteiger partial charge in [0.25, 0.3) is 0 Å². The van der Waals surface area contributed by atoms with Crippen LogP contribution in [-0.2, 0) is 6.42 Å². The molecular weight excluding hydrogens is 251 g/mol. The smallest absolute Gasteiger partial charge is 0.167 e. The van der Waals surface area contributed by atoms with Gasteiger partial charge in [-0.05, 0) is 30.7 Å². The van der Waals surface area contributed by atoms with Crippen LogP contribution in [0.2, 0.25) is 5.02 Å². The normalized spacial score (nSPS) is 10.4. The Bertz CT molecular complexity index is 576. The average molecular weight is 263 g/mol. The summed E-state index contributed by atoms with van der Waals surface area (Å²) in [6, 6.07) is 11.3. The van der Waals surface area contributed by atoms with Gasteiger partial charge < -0.3 is 0 Å². The molecule has 0 spiro atoms. The van der Waals surface area contributed by atoms with Gasteiger partial charge in [0.1, 0.15) is 5.82 Å². The van der Waals surface area contributed by atoms with E-state index in [9.17, 15) is 9.18 Å². The number of hydrogen-bond donors (Lipinski definition) is 0. The zero-order valence-corrected chi connectivity index (χ0v) is 10.7. The molecule has 2 aromatic carbocycles. The van der Waals surface area contributed by atoms with E-state index in [1.807, 2.05) is 19.1 Å². The summed E-state index contributed by atoms with van der Waals surface area (Å²) in [6.07, 6.45) is 0.111. The van der Waals surface area contributed by atoms with Crippen molar-refractivity contribution in [2.24, 2.45) is 0 Å². The third-order valence-electron chi connectivity index (χ3n) is 2.73. The van der Waals surface area contributed by atoms with Crippen molar-refractivity contribution in [2.75, 3.05) is 0 Å². The summed E-state index contributed by atoms with van der Waals surface area (Å²) in [7, 11) is 0. The lowest BCUT2D eigenvalue weighted by molar-refractivity contribution is 0.0993. The molecule has 0 unspecified atom stereocenters. The van der Waals surface area contributed by atoms with E-state index in [0.29, 0.717) is 16.1 Å². The Kier molecular flexibility index (Phi) is 3.78. The summed E-state index contributed by atoms with van der Waals surface area (Å²) in [5.41, 5.74) is 2.22. The lowest BCUT2D eigenvalue weighted by Gasteiger charge is -2.04. The van der Waals surface area contributed by atoms with Crippen molar-refractivity contribution in [1.29, 1.82) is 0 Å². The van der Waals surface area contributed by atoms with Crippen LogP contribution >= 0.6 is 11.6 Å². The molecule has 18 heavy (non-hydrogen) atoms. The quantitative estimate of drug-likeness (QED) is 0.757. The predicted octanol–water partition coefficient (Wildman–Crippen LogP) is 4.21. The molecule has 0 saturated carbocycles. The summed E-state index contributed by atoms with van der Waals surface area (Å²) >= 11 is 5.93. The first kappa shape index (κ1) is 12.8. The molecule has 0 heterocycles. The van der Waals surface area contributed by atoms with Crippen molar-refractivity contribution in [3.8, 4) is 0 Å². The van der Waals surface area contributed by atoms with Gasteiger partial charge in [0, 0.05) is 17.0 Å². The van der Waals surface area contributed by atoms with Crippen molar-refractivity contribution in [2.45, 2.75) is 13.3 Å². The SMILES string of the molecule is Cc1ccc(C(=O)Cc2cc(F)ccc2Cl)cc1. The van der Waals surface area contributed by atoms with Crippen LogP contribution in [0.25, 0.3) is 0 Å². The van der Waals surface area contributed by atoms with E-state index in [-0.39, 0.29) is 18.0 Å². The topological polar surface area (TPSA) is 17.1 Å². The molecule has 0 fully saturated rings. The minimum atomic E-state index is -0.383. The molecular formula is C15H12ClFO. The molecule has 0 aliphatic carbocycles. The second-order valence-electron chi connectivity index (χ2n) is 4.20. The fourth-order valence-electron chi connectivity index (χ4n) is 1.69. The minimum Gasteiger partial charge on any atom is -0.294 e. The Morgan fingerprint density at radius 3 is 2.50 bits per heavy atom. The van der Waals surface area contributed by atoms with Gasteiger partial charge in [-0.3, -0.25) is 4.79 Å². The van der Waals surface area contributed by atoms with Crippen LogP contribution in [0.15, 0.2) is 42.5 Å².